The van der Waals surface area contributed by atoms with E-state index in [2.05, 4.69) is 25.4 Å². The van der Waals surface area contributed by atoms with Crippen LogP contribution in [0.1, 0.15) is 0 Å². The first-order valence-corrected chi connectivity index (χ1v) is 9.36. The minimum Gasteiger partial charge on any atom is -0.497 e. The Morgan fingerprint density at radius 2 is 1.87 bits per heavy atom. The summed E-state index contributed by atoms with van der Waals surface area (Å²) in [7, 11) is 1.56. The third kappa shape index (κ3) is 3.31. The molecule has 0 aliphatic rings. The highest BCUT2D eigenvalue weighted by molar-refractivity contribution is 5.94. The summed E-state index contributed by atoms with van der Waals surface area (Å²) in [6.45, 7) is 0. The molecule has 0 fully saturated rings. The minimum absolute atomic E-state index is 0.192. The van der Waals surface area contributed by atoms with Crippen LogP contribution < -0.4 is 15.6 Å². The molecule has 0 spiro atoms. The average molecular weight is 414 g/mol. The van der Waals surface area contributed by atoms with Crippen molar-refractivity contribution in [2.45, 2.75) is 0 Å². The second-order valence-corrected chi connectivity index (χ2v) is 6.64. The van der Waals surface area contributed by atoms with Crippen molar-refractivity contribution in [2.75, 3.05) is 12.4 Å². The highest BCUT2D eigenvalue weighted by Gasteiger charge is 2.17. The number of halogens is 1. The van der Waals surface area contributed by atoms with E-state index in [9.17, 15) is 9.18 Å². The second-order valence-electron chi connectivity index (χ2n) is 6.64. The number of hydrogen-bond donors (Lipinski definition) is 1. The van der Waals surface area contributed by atoms with Gasteiger partial charge in [0.1, 0.15) is 17.3 Å². The molecule has 2 aromatic carbocycles. The zero-order valence-electron chi connectivity index (χ0n) is 16.3. The summed E-state index contributed by atoms with van der Waals surface area (Å²) in [4.78, 5) is 25.2. The number of hydrogen-bond acceptors (Lipinski definition) is 7. The van der Waals surface area contributed by atoms with Crippen LogP contribution in [0.3, 0.4) is 0 Å². The van der Waals surface area contributed by atoms with Crippen molar-refractivity contribution in [3.05, 3.63) is 83.0 Å². The molecule has 8 nitrogen and oxygen atoms in total. The van der Waals surface area contributed by atoms with Gasteiger partial charge in [0.15, 0.2) is 11.5 Å². The van der Waals surface area contributed by atoms with Gasteiger partial charge in [-0.15, -0.1) is 5.10 Å². The minimum atomic E-state index is -0.454. The van der Waals surface area contributed by atoms with Crippen LogP contribution in [-0.2, 0) is 0 Å². The van der Waals surface area contributed by atoms with Crippen molar-refractivity contribution in [2.24, 2.45) is 0 Å². The molecule has 5 rings (SSSR count). The molecule has 3 aromatic heterocycles. The van der Waals surface area contributed by atoms with Gasteiger partial charge < -0.3 is 10.1 Å². The zero-order chi connectivity index (χ0) is 21.4. The summed E-state index contributed by atoms with van der Waals surface area (Å²) in [6, 6.07) is 16.5. The monoisotopic (exact) mass is 414 g/mol. The smallest absolute Gasteiger partial charge is 0.293 e. The van der Waals surface area contributed by atoms with E-state index in [-0.39, 0.29) is 23.0 Å². The molecule has 0 atom stereocenters. The summed E-state index contributed by atoms with van der Waals surface area (Å²) in [5.74, 6) is 0.614. The van der Waals surface area contributed by atoms with Gasteiger partial charge in [0.05, 0.1) is 18.2 Å². The molecule has 152 valence electrons. The number of nitrogens with one attached hydrogen (secondary N) is 1. The van der Waals surface area contributed by atoms with Crippen molar-refractivity contribution < 1.29 is 9.13 Å². The lowest BCUT2D eigenvalue weighted by atomic mass is 10.2. The molecule has 0 unspecified atom stereocenters. The zero-order valence-corrected chi connectivity index (χ0v) is 16.3. The van der Waals surface area contributed by atoms with E-state index < -0.39 is 11.4 Å². The first-order valence-electron chi connectivity index (χ1n) is 9.36. The third-order valence-corrected chi connectivity index (χ3v) is 4.72. The summed E-state index contributed by atoms with van der Waals surface area (Å²) >= 11 is 0. The van der Waals surface area contributed by atoms with E-state index in [0.29, 0.717) is 22.3 Å². The molecule has 0 aliphatic carbocycles. The third-order valence-electron chi connectivity index (χ3n) is 4.72. The van der Waals surface area contributed by atoms with Crippen molar-refractivity contribution in [1.82, 2.24) is 24.6 Å². The van der Waals surface area contributed by atoms with E-state index >= 15 is 0 Å². The van der Waals surface area contributed by atoms with Crippen molar-refractivity contribution in [3.63, 3.8) is 0 Å². The summed E-state index contributed by atoms with van der Waals surface area (Å²) in [5.41, 5.74) is 1.05. The Bertz CT molecular complexity index is 1500. The van der Waals surface area contributed by atoms with Crippen LogP contribution in [0.15, 0.2) is 71.7 Å². The Hall–Kier alpha value is -4.40. The Kier molecular flexibility index (Phi) is 4.47. The fraction of sp³-hybridized carbons (Fsp3) is 0.0455. The largest absolute Gasteiger partial charge is 0.497 e. The molecular weight excluding hydrogens is 399 g/mol. The Morgan fingerprint density at radius 1 is 1.03 bits per heavy atom. The van der Waals surface area contributed by atoms with Gasteiger partial charge in [-0.1, -0.05) is 18.2 Å². The van der Waals surface area contributed by atoms with Gasteiger partial charge in [0.2, 0.25) is 5.95 Å². The van der Waals surface area contributed by atoms with Crippen LogP contribution >= 0.6 is 0 Å². The van der Waals surface area contributed by atoms with E-state index in [0.717, 1.165) is 0 Å². The summed E-state index contributed by atoms with van der Waals surface area (Å²) < 4.78 is 21.2. The van der Waals surface area contributed by atoms with Gasteiger partial charge >= 0.3 is 0 Å². The van der Waals surface area contributed by atoms with E-state index in [4.69, 9.17) is 4.74 Å². The maximum absolute atomic E-state index is 14.4. The molecule has 31 heavy (non-hydrogen) atoms. The number of rotatable bonds is 4. The number of benzene rings is 2. The predicted octanol–water partition coefficient (Wildman–Crippen LogP) is 3.59. The van der Waals surface area contributed by atoms with Crippen molar-refractivity contribution >= 4 is 28.2 Å². The number of fused-ring (bicyclic) bond motifs is 3. The van der Waals surface area contributed by atoms with Gasteiger partial charge in [-0.3, -0.25) is 4.79 Å². The number of nitrogens with zero attached hydrogens (tertiary/aromatic N) is 5. The fourth-order valence-electron chi connectivity index (χ4n) is 3.22. The van der Waals surface area contributed by atoms with Gasteiger partial charge in [-0.25, -0.2) is 19.3 Å². The lowest BCUT2D eigenvalue weighted by Gasteiger charge is -2.08. The Labute approximate surface area is 175 Å². The van der Waals surface area contributed by atoms with Gasteiger partial charge in [-0.2, -0.15) is 4.52 Å². The van der Waals surface area contributed by atoms with Gasteiger partial charge in [0.25, 0.3) is 5.56 Å². The first kappa shape index (κ1) is 18.6. The van der Waals surface area contributed by atoms with Crippen LogP contribution in [0, 0.1) is 5.82 Å². The molecule has 3 heterocycles. The fourth-order valence-corrected chi connectivity index (χ4v) is 3.22. The summed E-state index contributed by atoms with van der Waals surface area (Å²) in [5, 5.41) is 8.12. The number of anilines is 2. The van der Waals surface area contributed by atoms with E-state index in [1.807, 2.05) is 0 Å². The van der Waals surface area contributed by atoms with E-state index in [1.54, 1.807) is 61.7 Å². The van der Waals surface area contributed by atoms with Crippen LogP contribution in [-0.4, -0.2) is 31.7 Å². The summed E-state index contributed by atoms with van der Waals surface area (Å²) in [6.07, 6.45) is 1.41. The molecule has 0 radical (unpaired) electrons. The van der Waals surface area contributed by atoms with Crippen LogP contribution in [0.2, 0.25) is 0 Å². The van der Waals surface area contributed by atoms with Crippen LogP contribution in [0.4, 0.5) is 16.0 Å². The maximum atomic E-state index is 14.4. The highest BCUT2D eigenvalue weighted by Crippen LogP contribution is 2.28. The molecule has 0 amide bonds. The number of aromatic nitrogens is 5. The maximum Gasteiger partial charge on any atom is 0.293 e. The van der Waals surface area contributed by atoms with Gasteiger partial charge in [0, 0.05) is 11.6 Å². The Balaban J connectivity index is 1.79. The lowest BCUT2D eigenvalue weighted by Crippen LogP contribution is -2.11. The first-order chi connectivity index (χ1) is 15.1. The molecule has 5 aromatic rings. The lowest BCUT2D eigenvalue weighted by molar-refractivity contribution is 0.415. The molecule has 0 aliphatic heterocycles. The molecule has 1 N–H and O–H groups in total. The SMILES string of the molecule is COc1ccc2nc(Nc3ccccnc3=O)n3nc(-c4ccccc4F)nc3c2c1. The quantitative estimate of drug-likeness (QED) is 0.480. The standard InChI is InChI=1S/C22H15FN6O2/c1-31-13-9-10-17-15(12-13)20-27-19(14-6-2-3-7-16(14)23)28-29(20)22(25-17)26-18-8-4-5-11-24-21(18)30/h2-12H,1H3,(H,24,25,26,30). The highest BCUT2D eigenvalue weighted by atomic mass is 19.1. The average Bonchev–Trinajstić information content (AvgIpc) is 3.14. The predicted molar refractivity (Wildman–Crippen MR) is 114 cm³/mol. The van der Waals surface area contributed by atoms with E-state index in [1.165, 1.54) is 16.8 Å². The molecule has 0 bridgehead atoms. The number of ether oxygens (including phenoxy) is 1. The molecule has 0 saturated heterocycles. The van der Waals surface area contributed by atoms with Crippen LogP contribution in [0.5, 0.6) is 5.75 Å². The van der Waals surface area contributed by atoms with Crippen molar-refractivity contribution in [1.29, 1.82) is 0 Å². The molecule has 9 heteroatoms. The Morgan fingerprint density at radius 3 is 2.71 bits per heavy atom. The second kappa shape index (κ2) is 7.45. The van der Waals surface area contributed by atoms with Gasteiger partial charge in [-0.05, 0) is 42.5 Å². The number of methoxy groups -OCH3 is 1. The van der Waals surface area contributed by atoms with Crippen molar-refractivity contribution in [3.8, 4) is 17.1 Å². The molecular formula is C22H15FN6O2. The molecule has 0 saturated carbocycles. The normalized spacial score (nSPS) is 11.0. The van der Waals surface area contributed by atoms with Crippen LogP contribution in [0.25, 0.3) is 27.9 Å². The topological polar surface area (TPSA) is 94.3 Å².